The van der Waals surface area contributed by atoms with Crippen LogP contribution in [0.5, 0.6) is 0 Å². The first-order chi connectivity index (χ1) is 9.66. The molecule has 0 heterocycles. The van der Waals surface area contributed by atoms with Crippen LogP contribution in [0.4, 0.5) is 0 Å². The van der Waals surface area contributed by atoms with Crippen LogP contribution in [0.2, 0.25) is 0 Å². The first kappa shape index (κ1) is 17.6. The molecule has 0 spiro atoms. The van der Waals surface area contributed by atoms with Crippen molar-refractivity contribution in [2.24, 2.45) is 11.7 Å². The van der Waals surface area contributed by atoms with E-state index in [2.05, 4.69) is 9.46 Å². The average Bonchev–Trinajstić information content (AvgIpc) is 2.45. The molecule has 118 valence electrons. The minimum Gasteiger partial charge on any atom is -0.465 e. The maximum atomic E-state index is 12.5. The van der Waals surface area contributed by atoms with Crippen molar-refractivity contribution in [1.29, 1.82) is 0 Å². The number of carbonyl (C=O) groups excluding carboxylic acids is 1. The van der Waals surface area contributed by atoms with Crippen molar-refractivity contribution in [3.8, 4) is 0 Å². The normalized spacial score (nSPS) is 14.8. The van der Waals surface area contributed by atoms with E-state index in [-0.39, 0.29) is 22.9 Å². The average molecular weight is 314 g/mol. The largest absolute Gasteiger partial charge is 0.465 e. The fourth-order valence-corrected chi connectivity index (χ4v) is 3.26. The van der Waals surface area contributed by atoms with Gasteiger partial charge in [0.25, 0.3) is 0 Å². The third kappa shape index (κ3) is 4.03. The van der Waals surface area contributed by atoms with Gasteiger partial charge in [-0.15, -0.1) is 0 Å². The Labute approximate surface area is 125 Å². The minimum absolute atomic E-state index is 0.00530. The topological polar surface area (TPSA) is 98.5 Å². The lowest BCUT2D eigenvalue weighted by Gasteiger charge is -2.33. The fraction of sp³-hybridized carbons (Fsp3) is 0.500. The van der Waals surface area contributed by atoms with E-state index in [1.165, 1.54) is 31.4 Å². The van der Waals surface area contributed by atoms with Gasteiger partial charge in [-0.05, 0) is 31.0 Å². The van der Waals surface area contributed by atoms with Crippen LogP contribution in [0.1, 0.15) is 31.1 Å². The van der Waals surface area contributed by atoms with Gasteiger partial charge in [0.05, 0.1) is 17.6 Å². The van der Waals surface area contributed by atoms with Crippen molar-refractivity contribution in [2.75, 3.05) is 13.7 Å². The van der Waals surface area contributed by atoms with Crippen LogP contribution in [0.15, 0.2) is 29.2 Å². The molecule has 6 nitrogen and oxygen atoms in total. The van der Waals surface area contributed by atoms with Gasteiger partial charge in [0.2, 0.25) is 10.0 Å². The molecule has 0 aromatic heterocycles. The zero-order valence-corrected chi connectivity index (χ0v) is 13.5. The van der Waals surface area contributed by atoms with Crippen LogP contribution in [-0.4, -0.2) is 33.6 Å². The third-order valence-electron chi connectivity index (χ3n) is 3.63. The first-order valence-electron chi connectivity index (χ1n) is 6.58. The number of sulfonamides is 1. The van der Waals surface area contributed by atoms with Crippen molar-refractivity contribution in [3.05, 3.63) is 29.8 Å². The highest BCUT2D eigenvalue weighted by molar-refractivity contribution is 7.89. The number of nitrogens with one attached hydrogen (secondary N) is 1. The summed E-state index contributed by atoms with van der Waals surface area (Å²) < 4.78 is 32.1. The zero-order chi connectivity index (χ0) is 16.3. The number of methoxy groups -OCH3 is 1. The van der Waals surface area contributed by atoms with E-state index in [1.54, 1.807) is 6.92 Å². The highest BCUT2D eigenvalue weighted by atomic mass is 32.2. The number of esters is 1. The quantitative estimate of drug-likeness (QED) is 0.767. The Bertz CT molecular complexity index is 613. The second-order valence-electron chi connectivity index (χ2n) is 5.40. The molecular weight excluding hydrogens is 292 g/mol. The van der Waals surface area contributed by atoms with Gasteiger partial charge < -0.3 is 10.5 Å². The third-order valence-corrected chi connectivity index (χ3v) is 5.24. The van der Waals surface area contributed by atoms with Gasteiger partial charge in [0.15, 0.2) is 0 Å². The standard InChI is InChI=1S/C14H22N2O4S/c1-10(2)14(3,9-15)16-21(18,19)12-7-5-6-11(8-12)13(17)20-4/h5-8,10,16H,9,15H2,1-4H3. The Kier molecular flexibility index (Phi) is 5.49. The van der Waals surface area contributed by atoms with E-state index in [9.17, 15) is 13.2 Å². The summed E-state index contributed by atoms with van der Waals surface area (Å²) in [5, 5.41) is 0. The molecule has 0 aliphatic heterocycles. The van der Waals surface area contributed by atoms with E-state index in [1.807, 2.05) is 13.8 Å². The lowest BCUT2D eigenvalue weighted by molar-refractivity contribution is 0.0600. The number of carbonyl (C=O) groups is 1. The lowest BCUT2D eigenvalue weighted by atomic mass is 9.90. The monoisotopic (exact) mass is 314 g/mol. The predicted octanol–water partition coefficient (Wildman–Crippen LogP) is 1.12. The second kappa shape index (κ2) is 6.55. The number of hydrogen-bond donors (Lipinski definition) is 2. The molecule has 0 amide bonds. The van der Waals surface area contributed by atoms with E-state index in [0.29, 0.717) is 0 Å². The number of rotatable bonds is 6. The maximum Gasteiger partial charge on any atom is 0.337 e. The molecule has 1 atom stereocenters. The molecule has 21 heavy (non-hydrogen) atoms. The predicted molar refractivity (Wildman–Crippen MR) is 80.4 cm³/mol. The van der Waals surface area contributed by atoms with Crippen molar-refractivity contribution in [1.82, 2.24) is 4.72 Å². The molecule has 3 N–H and O–H groups in total. The number of nitrogens with two attached hydrogens (primary N) is 1. The molecule has 0 saturated carbocycles. The molecule has 0 bridgehead atoms. The summed E-state index contributed by atoms with van der Waals surface area (Å²) in [5.74, 6) is -0.571. The number of hydrogen-bond acceptors (Lipinski definition) is 5. The van der Waals surface area contributed by atoms with Gasteiger partial charge in [0.1, 0.15) is 0 Å². The summed E-state index contributed by atoms with van der Waals surface area (Å²) in [6, 6.07) is 5.70. The first-order valence-corrected chi connectivity index (χ1v) is 8.07. The van der Waals surface area contributed by atoms with E-state index < -0.39 is 21.5 Å². The summed E-state index contributed by atoms with van der Waals surface area (Å²) in [7, 11) is -2.54. The van der Waals surface area contributed by atoms with Crippen molar-refractivity contribution >= 4 is 16.0 Å². The van der Waals surface area contributed by atoms with Crippen LogP contribution < -0.4 is 10.5 Å². The zero-order valence-electron chi connectivity index (χ0n) is 12.7. The maximum absolute atomic E-state index is 12.5. The van der Waals surface area contributed by atoms with Gasteiger partial charge in [-0.25, -0.2) is 17.9 Å². The highest BCUT2D eigenvalue weighted by Gasteiger charge is 2.32. The van der Waals surface area contributed by atoms with Gasteiger partial charge in [-0.3, -0.25) is 0 Å². The fourth-order valence-electron chi connectivity index (χ4n) is 1.67. The van der Waals surface area contributed by atoms with Crippen molar-refractivity contribution in [2.45, 2.75) is 31.2 Å². The Balaban J connectivity index is 3.17. The molecule has 1 unspecified atom stereocenters. The minimum atomic E-state index is -3.78. The number of benzene rings is 1. The van der Waals surface area contributed by atoms with E-state index in [4.69, 9.17) is 5.73 Å². The summed E-state index contributed by atoms with van der Waals surface area (Å²) in [5.41, 5.74) is 5.11. The summed E-state index contributed by atoms with van der Waals surface area (Å²) in [4.78, 5) is 11.5. The molecule has 0 fully saturated rings. The Morgan fingerprint density at radius 1 is 1.43 bits per heavy atom. The van der Waals surface area contributed by atoms with Gasteiger partial charge in [0, 0.05) is 12.1 Å². The number of ether oxygens (including phenoxy) is 1. The molecule has 1 rings (SSSR count). The Morgan fingerprint density at radius 2 is 2.05 bits per heavy atom. The molecule has 1 aromatic carbocycles. The van der Waals surface area contributed by atoms with Gasteiger partial charge in [-0.2, -0.15) is 0 Å². The molecule has 0 aliphatic carbocycles. The molecule has 0 saturated heterocycles. The Hall–Kier alpha value is -1.44. The van der Waals surface area contributed by atoms with E-state index >= 15 is 0 Å². The molecule has 0 radical (unpaired) electrons. The second-order valence-corrected chi connectivity index (χ2v) is 7.08. The molecule has 7 heteroatoms. The summed E-state index contributed by atoms with van der Waals surface area (Å²) >= 11 is 0. The van der Waals surface area contributed by atoms with Gasteiger partial charge in [-0.1, -0.05) is 19.9 Å². The lowest BCUT2D eigenvalue weighted by Crippen LogP contribution is -2.54. The van der Waals surface area contributed by atoms with Crippen LogP contribution in [0, 0.1) is 5.92 Å². The van der Waals surface area contributed by atoms with Crippen LogP contribution in [-0.2, 0) is 14.8 Å². The summed E-state index contributed by atoms with van der Waals surface area (Å²) in [6.45, 7) is 5.69. The van der Waals surface area contributed by atoms with E-state index in [0.717, 1.165) is 0 Å². The van der Waals surface area contributed by atoms with Crippen LogP contribution in [0.3, 0.4) is 0 Å². The SMILES string of the molecule is COC(=O)c1cccc(S(=O)(=O)NC(C)(CN)C(C)C)c1. The Morgan fingerprint density at radius 3 is 2.52 bits per heavy atom. The van der Waals surface area contributed by atoms with Crippen molar-refractivity contribution < 1.29 is 17.9 Å². The van der Waals surface area contributed by atoms with Crippen LogP contribution >= 0.6 is 0 Å². The van der Waals surface area contributed by atoms with Crippen LogP contribution in [0.25, 0.3) is 0 Å². The van der Waals surface area contributed by atoms with Gasteiger partial charge >= 0.3 is 5.97 Å². The molecule has 1 aromatic rings. The highest BCUT2D eigenvalue weighted by Crippen LogP contribution is 2.20. The molecular formula is C14H22N2O4S. The van der Waals surface area contributed by atoms with Crippen molar-refractivity contribution in [3.63, 3.8) is 0 Å². The molecule has 0 aliphatic rings. The smallest absolute Gasteiger partial charge is 0.337 e. The summed E-state index contributed by atoms with van der Waals surface area (Å²) in [6.07, 6.45) is 0.